The van der Waals surface area contributed by atoms with Gasteiger partial charge in [0, 0.05) is 30.6 Å². The number of morpholine rings is 1. The predicted octanol–water partition coefficient (Wildman–Crippen LogP) is 3.46. The first-order chi connectivity index (χ1) is 15.6. The maximum atomic E-state index is 13.1. The van der Waals surface area contributed by atoms with E-state index in [0.717, 1.165) is 67.0 Å². The minimum atomic E-state index is -0.171. The fourth-order valence-electron chi connectivity index (χ4n) is 3.82. The molecule has 1 aromatic heterocycles. The lowest BCUT2D eigenvalue weighted by atomic mass is 10.1. The van der Waals surface area contributed by atoms with Gasteiger partial charge in [0.15, 0.2) is 5.82 Å². The summed E-state index contributed by atoms with van der Waals surface area (Å²) < 4.78 is 10.9. The van der Waals surface area contributed by atoms with Crippen LogP contribution in [0.25, 0.3) is 22.3 Å². The molecule has 0 aliphatic carbocycles. The van der Waals surface area contributed by atoms with E-state index < -0.39 is 0 Å². The number of carbonyl (C=O) groups is 1. The van der Waals surface area contributed by atoms with E-state index in [1.807, 2.05) is 56.3 Å². The number of carbonyl (C=O) groups excluding carboxylic acids is 1. The van der Waals surface area contributed by atoms with Crippen LogP contribution in [-0.4, -0.2) is 66.8 Å². The number of nitrogens with zero attached hydrogens (tertiary/aromatic N) is 3. The lowest BCUT2D eigenvalue weighted by Gasteiger charge is -2.26. The monoisotopic (exact) mass is 434 g/mol. The number of nitrogens with one attached hydrogen (secondary N) is 1. The van der Waals surface area contributed by atoms with Crippen molar-refractivity contribution < 1.29 is 14.3 Å². The minimum absolute atomic E-state index is 0.171. The van der Waals surface area contributed by atoms with E-state index >= 15 is 0 Å². The topological polar surface area (TPSA) is 76.6 Å². The maximum absolute atomic E-state index is 13.1. The molecule has 4 rings (SSSR count). The Balaban J connectivity index is 1.53. The average molecular weight is 435 g/mol. The molecule has 0 atom stereocenters. The first-order valence-electron chi connectivity index (χ1n) is 11.2. The second kappa shape index (κ2) is 10.5. The van der Waals surface area contributed by atoms with Gasteiger partial charge in [-0.2, -0.15) is 0 Å². The van der Waals surface area contributed by atoms with Crippen molar-refractivity contribution in [1.82, 2.24) is 20.2 Å². The van der Waals surface area contributed by atoms with Gasteiger partial charge in [-0.3, -0.25) is 9.69 Å². The molecule has 0 spiro atoms. The Morgan fingerprint density at radius 1 is 1.12 bits per heavy atom. The lowest BCUT2D eigenvalue weighted by molar-refractivity contribution is 0.0374. The van der Waals surface area contributed by atoms with Gasteiger partial charge in [0.1, 0.15) is 11.4 Å². The molecule has 2 aromatic carbocycles. The van der Waals surface area contributed by atoms with Crippen LogP contribution in [0.15, 0.2) is 42.5 Å². The van der Waals surface area contributed by atoms with Crippen molar-refractivity contribution in [2.24, 2.45) is 0 Å². The molecule has 2 heterocycles. The highest BCUT2D eigenvalue weighted by Gasteiger charge is 2.16. The largest absolute Gasteiger partial charge is 0.494 e. The van der Waals surface area contributed by atoms with Gasteiger partial charge in [0.2, 0.25) is 0 Å². The molecule has 1 N–H and O–H groups in total. The number of hydrogen-bond acceptors (Lipinski definition) is 6. The second-order valence-electron chi connectivity index (χ2n) is 7.94. The van der Waals surface area contributed by atoms with Crippen molar-refractivity contribution in [2.45, 2.75) is 20.3 Å². The van der Waals surface area contributed by atoms with Gasteiger partial charge in [-0.1, -0.05) is 12.1 Å². The van der Waals surface area contributed by atoms with E-state index in [1.54, 1.807) is 0 Å². The Bertz CT molecular complexity index is 1060. The third-order valence-corrected chi connectivity index (χ3v) is 5.53. The molecule has 1 fully saturated rings. The van der Waals surface area contributed by atoms with E-state index in [4.69, 9.17) is 14.5 Å². The summed E-state index contributed by atoms with van der Waals surface area (Å²) in [6.07, 6.45) is 0.889. The maximum Gasteiger partial charge on any atom is 0.270 e. The summed E-state index contributed by atoms with van der Waals surface area (Å²) in [5.74, 6) is 1.16. The fraction of sp³-hybridized carbons (Fsp3) is 0.400. The molecular formula is C25H30N4O3. The van der Waals surface area contributed by atoms with E-state index in [0.29, 0.717) is 24.7 Å². The Hall–Kier alpha value is -3.03. The highest BCUT2D eigenvalue weighted by Crippen LogP contribution is 2.24. The highest BCUT2D eigenvalue weighted by atomic mass is 16.5. The lowest BCUT2D eigenvalue weighted by Crippen LogP contribution is -2.38. The van der Waals surface area contributed by atoms with Gasteiger partial charge in [0.05, 0.1) is 25.3 Å². The summed E-state index contributed by atoms with van der Waals surface area (Å²) in [6.45, 7) is 9.61. The van der Waals surface area contributed by atoms with Gasteiger partial charge in [0.25, 0.3) is 5.91 Å². The van der Waals surface area contributed by atoms with Crippen LogP contribution in [-0.2, 0) is 4.74 Å². The van der Waals surface area contributed by atoms with Crippen molar-refractivity contribution in [3.8, 4) is 17.1 Å². The number of aryl methyl sites for hydroxylation is 1. The summed E-state index contributed by atoms with van der Waals surface area (Å²) in [5, 5.41) is 3.80. The Kier molecular flexibility index (Phi) is 7.29. The molecule has 7 nitrogen and oxygen atoms in total. The SMILES string of the molecule is CCOc1ccc(-c2nc(C(=O)NCCCN3CCOCC3)c3ccc(C)cc3n2)cc1. The molecular weight excluding hydrogens is 404 g/mol. The highest BCUT2D eigenvalue weighted by molar-refractivity contribution is 6.05. The molecule has 1 aliphatic heterocycles. The van der Waals surface area contributed by atoms with Crippen LogP contribution in [0.3, 0.4) is 0 Å². The van der Waals surface area contributed by atoms with E-state index in [2.05, 4.69) is 15.2 Å². The van der Waals surface area contributed by atoms with Crippen LogP contribution in [0.5, 0.6) is 5.75 Å². The molecule has 1 saturated heterocycles. The molecule has 0 unspecified atom stereocenters. The van der Waals surface area contributed by atoms with Gasteiger partial charge in [-0.15, -0.1) is 0 Å². The number of rotatable bonds is 8. The summed E-state index contributed by atoms with van der Waals surface area (Å²) >= 11 is 0. The van der Waals surface area contributed by atoms with Crippen LogP contribution < -0.4 is 10.1 Å². The van der Waals surface area contributed by atoms with Crippen molar-refractivity contribution in [3.63, 3.8) is 0 Å². The zero-order valence-electron chi connectivity index (χ0n) is 18.8. The van der Waals surface area contributed by atoms with E-state index in [1.165, 1.54) is 0 Å². The van der Waals surface area contributed by atoms with Crippen molar-refractivity contribution in [3.05, 3.63) is 53.7 Å². The molecule has 0 saturated carbocycles. The number of fused-ring (bicyclic) bond motifs is 1. The van der Waals surface area contributed by atoms with Crippen molar-refractivity contribution >= 4 is 16.8 Å². The van der Waals surface area contributed by atoms with Crippen molar-refractivity contribution in [2.75, 3.05) is 46.0 Å². The molecule has 1 aliphatic rings. The second-order valence-corrected chi connectivity index (χ2v) is 7.94. The van der Waals surface area contributed by atoms with Gasteiger partial charge in [-0.05, 0) is 62.7 Å². The minimum Gasteiger partial charge on any atom is -0.494 e. The third-order valence-electron chi connectivity index (χ3n) is 5.53. The van der Waals surface area contributed by atoms with Crippen LogP contribution >= 0.6 is 0 Å². The van der Waals surface area contributed by atoms with E-state index in [9.17, 15) is 4.79 Å². The Morgan fingerprint density at radius 3 is 2.66 bits per heavy atom. The fourth-order valence-corrected chi connectivity index (χ4v) is 3.82. The van der Waals surface area contributed by atoms with Crippen molar-refractivity contribution in [1.29, 1.82) is 0 Å². The van der Waals surface area contributed by atoms with E-state index in [-0.39, 0.29) is 5.91 Å². The van der Waals surface area contributed by atoms with Gasteiger partial charge < -0.3 is 14.8 Å². The summed E-state index contributed by atoms with van der Waals surface area (Å²) in [6, 6.07) is 13.5. The van der Waals surface area contributed by atoms with Gasteiger partial charge in [-0.25, -0.2) is 9.97 Å². The molecule has 3 aromatic rings. The number of amides is 1. The predicted molar refractivity (Wildman–Crippen MR) is 125 cm³/mol. The van der Waals surface area contributed by atoms with Crippen LogP contribution in [0, 0.1) is 6.92 Å². The number of aromatic nitrogens is 2. The Morgan fingerprint density at radius 2 is 1.91 bits per heavy atom. The standard InChI is InChI=1S/C25H30N4O3/c1-3-32-20-8-6-19(7-9-20)24-27-22-17-18(2)5-10-21(22)23(28-24)25(30)26-11-4-12-29-13-15-31-16-14-29/h5-10,17H,3-4,11-16H2,1-2H3,(H,26,30). The average Bonchev–Trinajstić information content (AvgIpc) is 2.82. The molecule has 168 valence electrons. The smallest absolute Gasteiger partial charge is 0.270 e. The van der Waals surface area contributed by atoms with Crippen LogP contribution in [0.2, 0.25) is 0 Å². The zero-order chi connectivity index (χ0) is 22.3. The summed E-state index contributed by atoms with van der Waals surface area (Å²) in [4.78, 5) is 24.8. The number of hydrogen-bond donors (Lipinski definition) is 1. The van der Waals surface area contributed by atoms with Crippen LogP contribution in [0.1, 0.15) is 29.4 Å². The summed E-state index contributed by atoms with van der Waals surface area (Å²) in [5.41, 5.74) is 3.11. The zero-order valence-corrected chi connectivity index (χ0v) is 18.8. The van der Waals surface area contributed by atoms with Crippen LogP contribution in [0.4, 0.5) is 0 Å². The first-order valence-corrected chi connectivity index (χ1v) is 11.2. The Labute approximate surface area is 188 Å². The van der Waals surface area contributed by atoms with Gasteiger partial charge >= 0.3 is 0 Å². The molecule has 0 bridgehead atoms. The third kappa shape index (κ3) is 5.41. The normalized spacial score (nSPS) is 14.4. The molecule has 0 radical (unpaired) electrons. The first kappa shape index (κ1) is 22.2. The molecule has 32 heavy (non-hydrogen) atoms. The summed E-state index contributed by atoms with van der Waals surface area (Å²) in [7, 11) is 0. The number of ether oxygens (including phenoxy) is 2. The quantitative estimate of drug-likeness (QED) is 0.547. The molecule has 1 amide bonds. The number of benzene rings is 2. The molecule has 7 heteroatoms.